The van der Waals surface area contributed by atoms with Gasteiger partial charge in [0, 0.05) is 0 Å². The molecule has 0 N–H and O–H groups in total. The standard InChI is InChI=1S/C11H18.C2H6/c1-7-10-3-8-2-9(5-10)6-11(7)4-8;1-2/h7-11H,2-6H2,1H3;1-2H3. The van der Waals surface area contributed by atoms with Gasteiger partial charge in [-0.1, -0.05) is 20.8 Å². The molecule has 0 saturated heterocycles. The van der Waals surface area contributed by atoms with Crippen LogP contribution in [-0.2, 0) is 0 Å². The van der Waals surface area contributed by atoms with E-state index >= 15 is 0 Å². The Morgan fingerprint density at radius 2 is 1.08 bits per heavy atom. The van der Waals surface area contributed by atoms with Crippen molar-refractivity contribution in [3.63, 3.8) is 0 Å². The predicted molar refractivity (Wildman–Crippen MR) is 57.6 cm³/mol. The van der Waals surface area contributed by atoms with Crippen LogP contribution in [0.1, 0.15) is 52.9 Å². The maximum Gasteiger partial charge on any atom is -0.0381 e. The summed E-state index contributed by atoms with van der Waals surface area (Å²) in [6, 6.07) is 0. The van der Waals surface area contributed by atoms with Crippen molar-refractivity contribution < 1.29 is 0 Å². The number of rotatable bonds is 0. The van der Waals surface area contributed by atoms with E-state index in [1.54, 1.807) is 32.1 Å². The lowest BCUT2D eigenvalue weighted by Gasteiger charge is -2.53. The lowest BCUT2D eigenvalue weighted by molar-refractivity contribution is -0.0282. The van der Waals surface area contributed by atoms with Gasteiger partial charge in [-0.3, -0.25) is 0 Å². The quantitative estimate of drug-likeness (QED) is 0.526. The molecule has 76 valence electrons. The van der Waals surface area contributed by atoms with Gasteiger partial charge in [-0.25, -0.2) is 0 Å². The molecule has 0 aromatic carbocycles. The topological polar surface area (TPSA) is 0 Å². The Hall–Kier alpha value is 0. The van der Waals surface area contributed by atoms with Gasteiger partial charge in [0.25, 0.3) is 0 Å². The molecule has 0 radical (unpaired) electrons. The molecule has 4 saturated carbocycles. The fraction of sp³-hybridized carbons (Fsp3) is 1.00. The number of hydrogen-bond acceptors (Lipinski definition) is 0. The van der Waals surface area contributed by atoms with Gasteiger partial charge < -0.3 is 0 Å². The van der Waals surface area contributed by atoms with Crippen LogP contribution in [0.25, 0.3) is 0 Å². The zero-order valence-corrected chi connectivity index (χ0v) is 9.42. The molecule has 4 bridgehead atoms. The SMILES string of the molecule is CC.CC1C2CC3CC(C2)CC1C3. The molecule has 13 heavy (non-hydrogen) atoms. The zero-order chi connectivity index (χ0) is 9.42. The lowest BCUT2D eigenvalue weighted by atomic mass is 9.52. The Balaban J connectivity index is 0.000000308. The Bertz CT molecular complexity index is 143. The molecule has 0 amide bonds. The third kappa shape index (κ3) is 1.53. The van der Waals surface area contributed by atoms with Gasteiger partial charge >= 0.3 is 0 Å². The monoisotopic (exact) mass is 180 g/mol. The lowest BCUT2D eigenvalue weighted by Crippen LogP contribution is -2.43. The molecule has 0 heteroatoms. The highest BCUT2D eigenvalue weighted by molar-refractivity contribution is 4.96. The van der Waals surface area contributed by atoms with Crippen molar-refractivity contribution in [1.29, 1.82) is 0 Å². The van der Waals surface area contributed by atoms with Crippen LogP contribution in [0.15, 0.2) is 0 Å². The van der Waals surface area contributed by atoms with E-state index in [4.69, 9.17) is 0 Å². The summed E-state index contributed by atoms with van der Waals surface area (Å²) in [7, 11) is 0. The summed E-state index contributed by atoms with van der Waals surface area (Å²) in [5.74, 6) is 5.70. The minimum absolute atomic E-state index is 1.09. The van der Waals surface area contributed by atoms with E-state index in [2.05, 4.69) is 6.92 Å². The Kier molecular flexibility index (Phi) is 2.67. The Morgan fingerprint density at radius 3 is 1.46 bits per heavy atom. The Morgan fingerprint density at radius 1 is 0.692 bits per heavy atom. The van der Waals surface area contributed by atoms with Crippen LogP contribution < -0.4 is 0 Å². The molecule has 0 heterocycles. The summed E-state index contributed by atoms with van der Waals surface area (Å²) < 4.78 is 0. The maximum atomic E-state index is 2.51. The highest BCUT2D eigenvalue weighted by Gasteiger charge is 2.45. The molecular weight excluding hydrogens is 156 g/mol. The van der Waals surface area contributed by atoms with Crippen LogP contribution in [0.4, 0.5) is 0 Å². The van der Waals surface area contributed by atoms with E-state index in [9.17, 15) is 0 Å². The summed E-state index contributed by atoms with van der Waals surface area (Å²) in [5, 5.41) is 0. The summed E-state index contributed by atoms with van der Waals surface area (Å²) in [6.45, 7) is 6.51. The van der Waals surface area contributed by atoms with Crippen LogP contribution in [-0.4, -0.2) is 0 Å². The summed E-state index contributed by atoms with van der Waals surface area (Å²) in [6.07, 6.45) is 7.96. The van der Waals surface area contributed by atoms with Crippen LogP contribution >= 0.6 is 0 Å². The maximum absolute atomic E-state index is 2.51. The molecule has 4 aliphatic rings. The minimum atomic E-state index is 1.09. The van der Waals surface area contributed by atoms with Crippen molar-refractivity contribution in [1.82, 2.24) is 0 Å². The van der Waals surface area contributed by atoms with Gasteiger partial charge in [-0.15, -0.1) is 0 Å². The summed E-state index contributed by atoms with van der Waals surface area (Å²) in [4.78, 5) is 0. The molecule has 0 aliphatic heterocycles. The second-order valence-corrected chi connectivity index (χ2v) is 5.29. The molecule has 4 fully saturated rings. The highest BCUT2D eigenvalue weighted by atomic mass is 14.5. The van der Waals surface area contributed by atoms with Gasteiger partial charge in [0.15, 0.2) is 0 Å². The number of hydrogen-bond donors (Lipinski definition) is 0. The van der Waals surface area contributed by atoms with Crippen LogP contribution in [0, 0.1) is 29.6 Å². The van der Waals surface area contributed by atoms with Gasteiger partial charge in [0.2, 0.25) is 0 Å². The van der Waals surface area contributed by atoms with Gasteiger partial charge in [0.1, 0.15) is 0 Å². The minimum Gasteiger partial charge on any atom is -0.0683 e. The third-order valence-corrected chi connectivity index (χ3v) is 4.70. The van der Waals surface area contributed by atoms with Gasteiger partial charge in [0.05, 0.1) is 0 Å². The fourth-order valence-electron chi connectivity index (χ4n) is 4.20. The fourth-order valence-corrected chi connectivity index (χ4v) is 4.20. The van der Waals surface area contributed by atoms with E-state index in [-0.39, 0.29) is 0 Å². The van der Waals surface area contributed by atoms with E-state index in [0.29, 0.717) is 0 Å². The molecule has 0 aromatic rings. The van der Waals surface area contributed by atoms with Crippen molar-refractivity contribution in [2.75, 3.05) is 0 Å². The van der Waals surface area contributed by atoms with Crippen molar-refractivity contribution in [2.45, 2.75) is 52.9 Å². The predicted octanol–water partition coefficient (Wildman–Crippen LogP) is 4.10. The molecular formula is C13H24. The molecule has 0 atom stereocenters. The average Bonchev–Trinajstić information content (AvgIpc) is 2.16. The van der Waals surface area contributed by atoms with Crippen LogP contribution in [0.5, 0.6) is 0 Å². The van der Waals surface area contributed by atoms with Gasteiger partial charge in [-0.2, -0.15) is 0 Å². The molecule has 4 aliphatic carbocycles. The summed E-state index contributed by atoms with van der Waals surface area (Å²) in [5.41, 5.74) is 0. The molecule has 4 rings (SSSR count). The average molecular weight is 180 g/mol. The molecule has 0 unspecified atom stereocenters. The van der Waals surface area contributed by atoms with Crippen LogP contribution in [0.3, 0.4) is 0 Å². The largest absolute Gasteiger partial charge is 0.0683 e. The second kappa shape index (κ2) is 3.63. The van der Waals surface area contributed by atoms with E-state index in [1.165, 1.54) is 0 Å². The Labute approximate surface area is 83.1 Å². The van der Waals surface area contributed by atoms with E-state index < -0.39 is 0 Å². The van der Waals surface area contributed by atoms with Crippen molar-refractivity contribution in [3.8, 4) is 0 Å². The van der Waals surface area contributed by atoms with E-state index in [0.717, 1.165) is 29.6 Å². The summed E-state index contributed by atoms with van der Waals surface area (Å²) >= 11 is 0. The van der Waals surface area contributed by atoms with Gasteiger partial charge in [-0.05, 0) is 61.7 Å². The van der Waals surface area contributed by atoms with E-state index in [1.807, 2.05) is 13.8 Å². The van der Waals surface area contributed by atoms with Crippen molar-refractivity contribution in [3.05, 3.63) is 0 Å². The first kappa shape index (κ1) is 9.55. The van der Waals surface area contributed by atoms with Crippen molar-refractivity contribution in [2.24, 2.45) is 29.6 Å². The third-order valence-electron chi connectivity index (χ3n) is 4.70. The highest BCUT2D eigenvalue weighted by Crippen LogP contribution is 2.56. The zero-order valence-electron chi connectivity index (χ0n) is 9.42. The first-order valence-electron chi connectivity index (χ1n) is 6.33. The van der Waals surface area contributed by atoms with Crippen LogP contribution in [0.2, 0.25) is 0 Å². The first-order chi connectivity index (χ1) is 6.33. The van der Waals surface area contributed by atoms with Crippen molar-refractivity contribution >= 4 is 0 Å². The molecule has 0 aromatic heterocycles. The second-order valence-electron chi connectivity index (χ2n) is 5.29. The smallest absolute Gasteiger partial charge is 0.0381 e. The molecule has 0 nitrogen and oxygen atoms in total. The molecule has 0 spiro atoms. The first-order valence-corrected chi connectivity index (χ1v) is 6.33. The normalized spacial score (nSPS) is 51.5.